The highest BCUT2D eigenvalue weighted by molar-refractivity contribution is 5.93. The highest BCUT2D eigenvalue weighted by Gasteiger charge is 2.28. The third-order valence-electron chi connectivity index (χ3n) is 6.08. The molecule has 33 heavy (non-hydrogen) atoms. The van der Waals surface area contributed by atoms with Crippen molar-refractivity contribution < 1.29 is 19.0 Å². The molecule has 1 unspecified atom stereocenters. The Bertz CT molecular complexity index is 1100. The second kappa shape index (κ2) is 10.4. The molecule has 8 heteroatoms. The van der Waals surface area contributed by atoms with E-state index in [4.69, 9.17) is 19.5 Å². The number of fused-ring (bicyclic) bond motifs is 1. The molecule has 1 saturated heterocycles. The lowest BCUT2D eigenvalue weighted by atomic mass is 9.95. The molecule has 4 rings (SSSR count). The zero-order chi connectivity index (χ0) is 23.2. The Hall–Kier alpha value is -3.49. The maximum Gasteiger partial charge on any atom is 0.263 e. The number of rotatable bonds is 8. The van der Waals surface area contributed by atoms with Crippen LogP contribution >= 0.6 is 0 Å². The molecule has 2 heterocycles. The molecule has 1 aliphatic heterocycles. The third kappa shape index (κ3) is 4.97. The first-order valence-electron chi connectivity index (χ1n) is 11.5. The van der Waals surface area contributed by atoms with Crippen molar-refractivity contribution in [1.82, 2.24) is 4.57 Å². The van der Waals surface area contributed by atoms with Crippen LogP contribution in [0.5, 0.6) is 11.5 Å². The fourth-order valence-electron chi connectivity index (χ4n) is 4.59. The van der Waals surface area contributed by atoms with Crippen LogP contribution in [0.15, 0.2) is 18.2 Å². The largest absolute Gasteiger partial charge is 0.490 e. The van der Waals surface area contributed by atoms with E-state index in [-0.39, 0.29) is 18.6 Å². The van der Waals surface area contributed by atoms with Crippen LogP contribution in [0.25, 0.3) is 0 Å². The molecule has 1 aromatic heterocycles. The van der Waals surface area contributed by atoms with E-state index in [0.29, 0.717) is 41.6 Å². The van der Waals surface area contributed by atoms with Gasteiger partial charge in [-0.1, -0.05) is 0 Å². The van der Waals surface area contributed by atoms with E-state index >= 15 is 0 Å². The van der Waals surface area contributed by atoms with Crippen molar-refractivity contribution in [2.75, 3.05) is 25.1 Å². The number of hydrogen-bond donors (Lipinski definition) is 1. The molecule has 1 amide bonds. The summed E-state index contributed by atoms with van der Waals surface area (Å²) in [6, 6.07) is 9.21. The van der Waals surface area contributed by atoms with Crippen LogP contribution in [-0.2, 0) is 28.9 Å². The Kier molecular flexibility index (Phi) is 7.16. The lowest BCUT2D eigenvalue weighted by Gasteiger charge is -2.20. The number of nitrogens with one attached hydrogen (secondary N) is 1. The zero-order valence-electron chi connectivity index (χ0n) is 18.9. The van der Waals surface area contributed by atoms with E-state index in [1.54, 1.807) is 18.2 Å². The van der Waals surface area contributed by atoms with Gasteiger partial charge in [-0.25, -0.2) is 0 Å². The summed E-state index contributed by atoms with van der Waals surface area (Å²) in [7, 11) is 0. The Labute approximate surface area is 193 Å². The quantitative estimate of drug-likeness (QED) is 0.659. The Morgan fingerprint density at radius 1 is 1.18 bits per heavy atom. The highest BCUT2D eigenvalue weighted by atomic mass is 16.5. The smallest absolute Gasteiger partial charge is 0.263 e. The van der Waals surface area contributed by atoms with Gasteiger partial charge in [0.15, 0.2) is 18.1 Å². The van der Waals surface area contributed by atoms with Crippen molar-refractivity contribution in [1.29, 1.82) is 10.5 Å². The third-order valence-corrected chi connectivity index (χ3v) is 6.08. The second-order valence-electron chi connectivity index (χ2n) is 8.26. The second-order valence-corrected chi connectivity index (χ2v) is 8.26. The Morgan fingerprint density at radius 2 is 2.03 bits per heavy atom. The number of nitriles is 2. The minimum Gasteiger partial charge on any atom is -0.490 e. The van der Waals surface area contributed by atoms with Gasteiger partial charge in [0, 0.05) is 18.4 Å². The van der Waals surface area contributed by atoms with Gasteiger partial charge in [0.05, 0.1) is 36.5 Å². The molecule has 1 N–H and O–H groups in total. The van der Waals surface area contributed by atoms with Gasteiger partial charge in [0.25, 0.3) is 5.91 Å². The van der Waals surface area contributed by atoms with Gasteiger partial charge in [-0.15, -0.1) is 0 Å². The molecular formula is C25H28N4O4. The summed E-state index contributed by atoms with van der Waals surface area (Å²) < 4.78 is 19.2. The molecular weight excluding hydrogens is 420 g/mol. The number of anilines is 1. The van der Waals surface area contributed by atoms with Gasteiger partial charge < -0.3 is 24.1 Å². The number of carbonyl (C=O) groups is 1. The predicted octanol–water partition coefficient (Wildman–Crippen LogP) is 3.71. The Balaban J connectivity index is 1.53. The number of hydrogen-bond acceptors (Lipinski definition) is 6. The molecule has 0 radical (unpaired) electrons. The molecule has 0 bridgehead atoms. The fourth-order valence-corrected chi connectivity index (χ4v) is 4.59. The molecule has 2 aromatic rings. The summed E-state index contributed by atoms with van der Waals surface area (Å²) in [6.07, 6.45) is 5.95. The molecule has 172 valence electrons. The Morgan fingerprint density at radius 3 is 2.76 bits per heavy atom. The number of aromatic nitrogens is 1. The highest BCUT2D eigenvalue weighted by Crippen LogP contribution is 2.34. The van der Waals surface area contributed by atoms with Crippen molar-refractivity contribution in [3.05, 3.63) is 40.6 Å². The monoisotopic (exact) mass is 448 g/mol. The normalized spacial score (nSPS) is 17.0. The summed E-state index contributed by atoms with van der Waals surface area (Å²) in [4.78, 5) is 12.9. The summed E-state index contributed by atoms with van der Waals surface area (Å²) in [6.45, 7) is 3.38. The summed E-state index contributed by atoms with van der Waals surface area (Å²) in [5, 5.41) is 21.9. The van der Waals surface area contributed by atoms with E-state index in [9.17, 15) is 10.1 Å². The molecule has 8 nitrogen and oxygen atoms in total. The zero-order valence-corrected chi connectivity index (χ0v) is 18.9. The topological polar surface area (TPSA) is 109 Å². The molecule has 0 saturated carbocycles. The lowest BCUT2D eigenvalue weighted by molar-refractivity contribution is -0.118. The van der Waals surface area contributed by atoms with Crippen molar-refractivity contribution in [3.63, 3.8) is 0 Å². The number of benzene rings is 1. The van der Waals surface area contributed by atoms with Gasteiger partial charge in [0.2, 0.25) is 0 Å². The van der Waals surface area contributed by atoms with E-state index in [0.717, 1.165) is 56.4 Å². The van der Waals surface area contributed by atoms with E-state index in [1.807, 2.05) is 6.92 Å². The van der Waals surface area contributed by atoms with Crippen molar-refractivity contribution >= 4 is 11.7 Å². The van der Waals surface area contributed by atoms with E-state index in [1.165, 1.54) is 0 Å². The summed E-state index contributed by atoms with van der Waals surface area (Å²) in [5.74, 6) is 0.986. The van der Waals surface area contributed by atoms with Crippen molar-refractivity contribution in [2.24, 2.45) is 0 Å². The minimum atomic E-state index is -0.359. The molecule has 1 fully saturated rings. The van der Waals surface area contributed by atoms with Crippen LogP contribution in [0.3, 0.4) is 0 Å². The van der Waals surface area contributed by atoms with Crippen molar-refractivity contribution in [3.8, 4) is 23.6 Å². The summed E-state index contributed by atoms with van der Waals surface area (Å²) in [5.41, 5.74) is 3.18. The molecule has 1 aromatic carbocycles. The van der Waals surface area contributed by atoms with Gasteiger partial charge in [-0.3, -0.25) is 4.79 Å². The predicted molar refractivity (Wildman–Crippen MR) is 121 cm³/mol. The minimum absolute atomic E-state index is 0.0919. The maximum atomic E-state index is 12.9. The maximum absolute atomic E-state index is 12.9. The van der Waals surface area contributed by atoms with E-state index in [2.05, 4.69) is 22.0 Å². The first-order chi connectivity index (χ1) is 16.1. The molecule has 1 atom stereocenters. The van der Waals surface area contributed by atoms with Gasteiger partial charge in [-0.2, -0.15) is 10.5 Å². The summed E-state index contributed by atoms with van der Waals surface area (Å²) >= 11 is 0. The first kappa shape index (κ1) is 22.7. The van der Waals surface area contributed by atoms with Gasteiger partial charge >= 0.3 is 0 Å². The number of ether oxygens (including phenoxy) is 3. The molecule has 0 spiro atoms. The van der Waals surface area contributed by atoms with Crippen LogP contribution in [0.1, 0.15) is 55.0 Å². The van der Waals surface area contributed by atoms with E-state index < -0.39 is 0 Å². The van der Waals surface area contributed by atoms with Crippen LogP contribution < -0.4 is 14.8 Å². The number of amides is 1. The van der Waals surface area contributed by atoms with Crippen molar-refractivity contribution in [2.45, 2.75) is 58.1 Å². The van der Waals surface area contributed by atoms with Crippen LogP contribution in [0.4, 0.5) is 5.82 Å². The van der Waals surface area contributed by atoms with Gasteiger partial charge in [0.1, 0.15) is 11.9 Å². The lowest BCUT2D eigenvalue weighted by Crippen LogP contribution is -2.25. The fraction of sp³-hybridized carbons (Fsp3) is 0.480. The first-order valence-corrected chi connectivity index (χ1v) is 11.5. The molecule has 1 aliphatic carbocycles. The average molecular weight is 449 g/mol. The SMILES string of the molecule is CCOc1cc(C#N)ccc1OCC(=O)Nc1c(C#N)c2c(n1CC1CCCO1)CCCC2. The van der Waals surface area contributed by atoms with Crippen LogP contribution in [-0.4, -0.2) is 36.4 Å². The van der Waals surface area contributed by atoms with Crippen LogP contribution in [0.2, 0.25) is 0 Å². The van der Waals surface area contributed by atoms with Crippen LogP contribution in [0, 0.1) is 22.7 Å². The van der Waals surface area contributed by atoms with Gasteiger partial charge in [-0.05, 0) is 63.1 Å². The average Bonchev–Trinajstić information content (AvgIpc) is 3.45. The standard InChI is InChI=1S/C25H28N4O4/c1-2-31-23-12-17(13-26)9-10-22(23)33-16-24(30)28-25-20(14-27)19-7-3-4-8-21(19)29(25)15-18-6-5-11-32-18/h9-10,12,18H,2-8,11,15-16H2,1H3,(H,28,30). The number of nitrogens with zero attached hydrogens (tertiary/aromatic N) is 3. The number of carbonyl (C=O) groups excluding carboxylic acids is 1. The molecule has 2 aliphatic rings.